The molecule has 0 spiro atoms. The van der Waals surface area contributed by atoms with Gasteiger partial charge in [-0.25, -0.2) is 4.39 Å². The molecule has 3 nitrogen and oxygen atoms in total. The molecule has 0 bridgehead atoms. The van der Waals surface area contributed by atoms with Gasteiger partial charge >= 0.3 is 0 Å². The fourth-order valence-corrected chi connectivity index (χ4v) is 1.76. The smallest absolute Gasteiger partial charge is 0.123 e. The number of H-pyrrole nitrogens is 1. The monoisotopic (exact) mass is 206 g/mol. The van der Waals surface area contributed by atoms with Crippen LogP contribution in [0.3, 0.4) is 0 Å². The molecule has 0 aliphatic rings. The first-order valence-electron chi connectivity index (χ1n) is 4.65. The molecule has 78 valence electrons. The lowest BCUT2D eigenvalue weighted by atomic mass is 10.1. The maximum atomic E-state index is 13.0. The van der Waals surface area contributed by atoms with Gasteiger partial charge in [0.1, 0.15) is 5.82 Å². The van der Waals surface area contributed by atoms with E-state index >= 15 is 0 Å². The second-order valence-electron chi connectivity index (χ2n) is 3.31. The number of hydrogen-bond donors (Lipinski definition) is 1. The Morgan fingerprint density at radius 3 is 2.87 bits per heavy atom. The number of fused-ring (bicyclic) bond motifs is 1. The first-order chi connectivity index (χ1) is 7.13. The van der Waals surface area contributed by atoms with Crippen molar-refractivity contribution in [3.8, 4) is 0 Å². The van der Waals surface area contributed by atoms with Gasteiger partial charge in [-0.05, 0) is 30.2 Å². The molecule has 15 heavy (non-hydrogen) atoms. The van der Waals surface area contributed by atoms with Crippen LogP contribution in [0, 0.1) is 5.82 Å². The minimum atomic E-state index is -1.26. The van der Waals surface area contributed by atoms with Gasteiger partial charge in [0.2, 0.25) is 0 Å². The molecule has 0 fully saturated rings. The van der Waals surface area contributed by atoms with Crippen LogP contribution in [0.25, 0.3) is 10.9 Å². The number of carboxylic acid groups (broad SMARTS) is 1. The SMILES string of the molecule is CCc1c(C(=O)[O-])[nH]c2ccc(F)cc12. The van der Waals surface area contributed by atoms with Crippen LogP contribution in [0.15, 0.2) is 18.2 Å². The molecule has 2 aromatic rings. The number of carbonyl (C=O) groups is 1. The average Bonchev–Trinajstić information content (AvgIpc) is 2.55. The Hall–Kier alpha value is -1.84. The Balaban J connectivity index is 2.79. The van der Waals surface area contributed by atoms with E-state index in [1.807, 2.05) is 6.92 Å². The molecule has 2 rings (SSSR count). The number of aromatic amines is 1. The third-order valence-corrected chi connectivity index (χ3v) is 2.43. The molecular weight excluding hydrogens is 197 g/mol. The number of benzene rings is 1. The second kappa shape index (κ2) is 3.38. The molecule has 0 radical (unpaired) electrons. The number of aromatic carboxylic acids is 1. The Bertz CT molecular complexity index is 531. The van der Waals surface area contributed by atoms with Crippen molar-refractivity contribution in [3.63, 3.8) is 0 Å². The predicted octanol–water partition coefficient (Wildman–Crippen LogP) is 1.23. The lowest BCUT2D eigenvalue weighted by molar-refractivity contribution is -0.255. The summed E-state index contributed by atoms with van der Waals surface area (Å²) in [6.45, 7) is 1.82. The van der Waals surface area contributed by atoms with Crippen molar-refractivity contribution in [2.45, 2.75) is 13.3 Å². The molecule has 1 aromatic carbocycles. The fourth-order valence-electron chi connectivity index (χ4n) is 1.76. The van der Waals surface area contributed by atoms with Gasteiger partial charge in [0.05, 0.1) is 11.7 Å². The maximum absolute atomic E-state index is 13.0. The van der Waals surface area contributed by atoms with Crippen molar-refractivity contribution < 1.29 is 14.3 Å². The number of halogens is 1. The fraction of sp³-hybridized carbons (Fsp3) is 0.182. The molecule has 4 heteroatoms. The van der Waals surface area contributed by atoms with Crippen molar-refractivity contribution in [1.29, 1.82) is 0 Å². The lowest BCUT2D eigenvalue weighted by Gasteiger charge is -2.01. The standard InChI is InChI=1S/C11H10FNO2/c1-2-7-8-5-6(12)3-4-9(8)13-10(7)11(14)15/h3-5,13H,2H2,1H3,(H,14,15)/p-1. The number of rotatable bonds is 2. The number of carbonyl (C=O) groups excluding carboxylic acids is 1. The molecule has 0 aliphatic carbocycles. The van der Waals surface area contributed by atoms with Gasteiger partial charge < -0.3 is 14.9 Å². The summed E-state index contributed by atoms with van der Waals surface area (Å²) in [5, 5.41) is 11.4. The molecule has 0 amide bonds. The van der Waals surface area contributed by atoms with E-state index in [4.69, 9.17) is 0 Å². The lowest BCUT2D eigenvalue weighted by Crippen LogP contribution is -2.23. The number of nitrogens with one attached hydrogen (secondary N) is 1. The Kier molecular flexibility index (Phi) is 2.19. The summed E-state index contributed by atoms with van der Waals surface area (Å²) in [4.78, 5) is 13.5. The number of carboxylic acids is 1. The van der Waals surface area contributed by atoms with Crippen LogP contribution in [0.1, 0.15) is 23.0 Å². The van der Waals surface area contributed by atoms with Gasteiger partial charge in [-0.1, -0.05) is 6.92 Å². The zero-order valence-corrected chi connectivity index (χ0v) is 8.13. The van der Waals surface area contributed by atoms with E-state index in [1.54, 1.807) is 0 Å². The van der Waals surface area contributed by atoms with Crippen LogP contribution in [-0.4, -0.2) is 11.0 Å². The minimum absolute atomic E-state index is 0.0399. The predicted molar refractivity (Wildman–Crippen MR) is 52.0 cm³/mol. The van der Waals surface area contributed by atoms with Crippen LogP contribution in [0.4, 0.5) is 4.39 Å². The van der Waals surface area contributed by atoms with Crippen LogP contribution in [0.2, 0.25) is 0 Å². The molecule has 0 atom stereocenters. The molecule has 0 unspecified atom stereocenters. The summed E-state index contributed by atoms with van der Waals surface area (Å²) in [6, 6.07) is 4.14. The summed E-state index contributed by atoms with van der Waals surface area (Å²) in [5.41, 5.74) is 1.25. The zero-order chi connectivity index (χ0) is 11.0. The van der Waals surface area contributed by atoms with Gasteiger partial charge in [0, 0.05) is 10.9 Å². The Morgan fingerprint density at radius 1 is 1.53 bits per heavy atom. The van der Waals surface area contributed by atoms with Crippen molar-refractivity contribution in [2.75, 3.05) is 0 Å². The van der Waals surface area contributed by atoms with Crippen molar-refractivity contribution >= 4 is 16.9 Å². The highest BCUT2D eigenvalue weighted by Gasteiger charge is 2.10. The highest BCUT2D eigenvalue weighted by Crippen LogP contribution is 2.23. The van der Waals surface area contributed by atoms with E-state index in [9.17, 15) is 14.3 Å². The summed E-state index contributed by atoms with van der Waals surface area (Å²) < 4.78 is 13.0. The second-order valence-corrected chi connectivity index (χ2v) is 3.31. The number of aromatic nitrogens is 1. The van der Waals surface area contributed by atoms with E-state index < -0.39 is 5.97 Å². The molecule has 0 saturated heterocycles. The largest absolute Gasteiger partial charge is 0.543 e. The molecule has 1 heterocycles. The van der Waals surface area contributed by atoms with Crippen molar-refractivity contribution in [1.82, 2.24) is 4.98 Å². The summed E-state index contributed by atoms with van der Waals surface area (Å²) in [7, 11) is 0. The van der Waals surface area contributed by atoms with Crippen LogP contribution in [0.5, 0.6) is 0 Å². The van der Waals surface area contributed by atoms with Gasteiger partial charge in [-0.2, -0.15) is 0 Å². The van der Waals surface area contributed by atoms with E-state index in [2.05, 4.69) is 4.98 Å². The normalized spacial score (nSPS) is 10.8. The van der Waals surface area contributed by atoms with Crippen LogP contribution >= 0.6 is 0 Å². The maximum Gasteiger partial charge on any atom is 0.123 e. The first kappa shape index (κ1) is 9.71. The molecule has 0 saturated carbocycles. The first-order valence-corrected chi connectivity index (χ1v) is 4.65. The third-order valence-electron chi connectivity index (χ3n) is 2.43. The Morgan fingerprint density at radius 2 is 2.27 bits per heavy atom. The van der Waals surface area contributed by atoms with Crippen LogP contribution in [-0.2, 0) is 6.42 Å². The molecule has 0 aliphatic heterocycles. The summed E-state index contributed by atoms with van der Waals surface area (Å²) in [6.07, 6.45) is 0.521. The van der Waals surface area contributed by atoms with Crippen LogP contribution < -0.4 is 5.11 Å². The quantitative estimate of drug-likeness (QED) is 0.803. The van der Waals surface area contributed by atoms with Crippen molar-refractivity contribution in [3.05, 3.63) is 35.3 Å². The van der Waals surface area contributed by atoms with Crippen molar-refractivity contribution in [2.24, 2.45) is 0 Å². The summed E-state index contributed by atoms with van der Waals surface area (Å²) in [5.74, 6) is -1.63. The number of aryl methyl sites for hydroxylation is 1. The average molecular weight is 206 g/mol. The minimum Gasteiger partial charge on any atom is -0.543 e. The number of hydrogen-bond acceptors (Lipinski definition) is 2. The Labute approximate surface area is 85.5 Å². The summed E-state index contributed by atoms with van der Waals surface area (Å²) >= 11 is 0. The van der Waals surface area contributed by atoms with Gasteiger partial charge in [0.15, 0.2) is 0 Å². The van der Waals surface area contributed by atoms with E-state index in [-0.39, 0.29) is 11.5 Å². The van der Waals surface area contributed by atoms with Gasteiger partial charge in [-0.3, -0.25) is 0 Å². The highest BCUT2D eigenvalue weighted by atomic mass is 19.1. The topological polar surface area (TPSA) is 55.9 Å². The molecular formula is C11H9FNO2-. The molecule has 1 N–H and O–H groups in total. The molecule has 1 aromatic heterocycles. The third kappa shape index (κ3) is 1.48. The highest BCUT2D eigenvalue weighted by molar-refractivity contribution is 5.96. The van der Waals surface area contributed by atoms with E-state index in [0.29, 0.717) is 22.9 Å². The zero-order valence-electron chi connectivity index (χ0n) is 8.13. The van der Waals surface area contributed by atoms with Gasteiger partial charge in [0.25, 0.3) is 0 Å². The van der Waals surface area contributed by atoms with E-state index in [1.165, 1.54) is 18.2 Å². The van der Waals surface area contributed by atoms with Gasteiger partial charge in [-0.15, -0.1) is 0 Å². The van der Waals surface area contributed by atoms with E-state index in [0.717, 1.165) is 0 Å².